The number of thiol groups is 1. The first-order valence-corrected chi connectivity index (χ1v) is 11.3. The first-order chi connectivity index (χ1) is 16.1. The summed E-state index contributed by atoms with van der Waals surface area (Å²) in [6.07, 6.45) is 0.250. The number of rotatable bonds is 4. The predicted octanol–water partition coefficient (Wildman–Crippen LogP) is 5.87. The first kappa shape index (κ1) is 31.5. The first-order valence-electron chi connectivity index (χ1n) is 9.11. The molecule has 186 valence electrons. The lowest BCUT2D eigenvalue weighted by molar-refractivity contribution is -0.191. The maximum Gasteiger partial charge on any atom is 0.373 e. The van der Waals surface area contributed by atoms with Gasteiger partial charge in [0.05, 0.1) is 38.9 Å². The zero-order chi connectivity index (χ0) is 26.3. The Labute approximate surface area is 216 Å². The number of thiophene rings is 1. The normalized spacial score (nSPS) is 9.09. The summed E-state index contributed by atoms with van der Waals surface area (Å²) in [5.41, 5.74) is 0. The molecule has 0 saturated carbocycles. The molecule has 0 aliphatic carbocycles. The second kappa shape index (κ2) is 17.0. The van der Waals surface area contributed by atoms with Crippen LogP contribution in [0.1, 0.15) is 4.88 Å². The van der Waals surface area contributed by atoms with Crippen molar-refractivity contribution in [3.8, 4) is 17.2 Å². The highest BCUT2D eigenvalue weighted by atomic mass is 35.5. The number of hydrogen-bond acceptors (Lipinski definition) is 9. The number of carbonyl (C=O) groups excluding carboxylic acids is 3. The Morgan fingerprint density at radius 2 is 1.44 bits per heavy atom. The van der Waals surface area contributed by atoms with Crippen LogP contribution in [0.2, 0.25) is 10.0 Å². The number of carbonyl (C=O) groups is 1. The fraction of sp³-hybridized carbons (Fsp3) is 0.273. The van der Waals surface area contributed by atoms with Gasteiger partial charge in [-0.2, -0.15) is 22.2 Å². The van der Waals surface area contributed by atoms with Crippen LogP contribution < -0.4 is 14.2 Å². The van der Waals surface area contributed by atoms with Crippen molar-refractivity contribution in [1.82, 2.24) is 0 Å². The van der Waals surface area contributed by atoms with E-state index < -0.39 is 5.82 Å². The van der Waals surface area contributed by atoms with Gasteiger partial charge in [0.1, 0.15) is 21.5 Å². The van der Waals surface area contributed by atoms with E-state index in [9.17, 15) is 9.18 Å². The minimum atomic E-state index is -0.599. The Kier molecular flexibility index (Phi) is 15.8. The van der Waals surface area contributed by atoms with Crippen molar-refractivity contribution in [3.05, 3.63) is 51.1 Å². The number of ether oxygens (including phenoxy) is 4. The third-order valence-electron chi connectivity index (χ3n) is 3.74. The van der Waals surface area contributed by atoms with E-state index in [2.05, 4.69) is 30.4 Å². The van der Waals surface area contributed by atoms with Crippen LogP contribution in [0.5, 0.6) is 17.2 Å². The van der Waals surface area contributed by atoms with E-state index in [0.29, 0.717) is 5.75 Å². The topological polar surface area (TPSA) is 88.1 Å². The summed E-state index contributed by atoms with van der Waals surface area (Å²) in [6.45, 7) is 2.08. The standard InChI is InChI=1S/C10H9ClOS.C8H8ClFO2.C3H6O2S.CO2/c1-6-5-7-3-4-8(12-2)9(11)10(7)13-6;1-11-5-3-4-6(12-2)8(10)7(5)9;1-5-3(4)2-6;2-1-3/h3-5H,1-2H3;3-4H,1-2H3;6H,2H2,1H3;. The van der Waals surface area contributed by atoms with E-state index in [1.165, 1.54) is 37.7 Å². The molecule has 3 rings (SSSR count). The second-order valence-electron chi connectivity index (χ2n) is 5.77. The van der Waals surface area contributed by atoms with Gasteiger partial charge in [-0.1, -0.05) is 23.2 Å². The summed E-state index contributed by atoms with van der Waals surface area (Å²) in [5.74, 6) is 0.430. The quantitative estimate of drug-likeness (QED) is 0.319. The lowest BCUT2D eigenvalue weighted by Gasteiger charge is -2.06. The van der Waals surface area contributed by atoms with E-state index in [0.717, 1.165) is 15.5 Å². The van der Waals surface area contributed by atoms with Crippen LogP contribution in [-0.2, 0) is 19.1 Å². The fourth-order valence-electron chi connectivity index (χ4n) is 2.23. The van der Waals surface area contributed by atoms with Gasteiger partial charge < -0.3 is 18.9 Å². The molecule has 0 fully saturated rings. The van der Waals surface area contributed by atoms with Gasteiger partial charge in [-0.25, -0.2) is 4.39 Å². The Bertz CT molecular complexity index is 1070. The summed E-state index contributed by atoms with van der Waals surface area (Å²) in [6, 6.07) is 9.07. The molecule has 34 heavy (non-hydrogen) atoms. The molecule has 0 radical (unpaired) electrons. The molecule has 2 aromatic carbocycles. The highest BCUT2D eigenvalue weighted by Gasteiger charge is 2.11. The number of fused-ring (bicyclic) bond motifs is 1. The van der Waals surface area contributed by atoms with E-state index in [1.807, 2.05) is 12.1 Å². The molecule has 7 nitrogen and oxygen atoms in total. The average Bonchev–Trinajstić information content (AvgIpc) is 3.23. The van der Waals surface area contributed by atoms with Crippen molar-refractivity contribution in [2.75, 3.05) is 34.2 Å². The van der Waals surface area contributed by atoms with Crippen molar-refractivity contribution >= 4 is 69.4 Å². The molecule has 0 bridgehead atoms. The van der Waals surface area contributed by atoms with E-state index in [-0.39, 0.29) is 28.6 Å². The fourth-order valence-corrected chi connectivity index (χ4v) is 3.90. The number of halogens is 3. The maximum absolute atomic E-state index is 13.1. The highest BCUT2D eigenvalue weighted by Crippen LogP contribution is 2.37. The van der Waals surface area contributed by atoms with Crippen molar-refractivity contribution in [3.63, 3.8) is 0 Å². The van der Waals surface area contributed by atoms with Crippen LogP contribution in [0.15, 0.2) is 30.3 Å². The summed E-state index contributed by atoms with van der Waals surface area (Å²) >= 11 is 17.1. The maximum atomic E-state index is 13.1. The lowest BCUT2D eigenvalue weighted by Crippen LogP contribution is -1.99. The van der Waals surface area contributed by atoms with Crippen molar-refractivity contribution < 1.29 is 37.7 Å². The Hall–Kier alpha value is -2.49. The molecule has 1 heterocycles. The van der Waals surface area contributed by atoms with Crippen molar-refractivity contribution in [2.24, 2.45) is 0 Å². The molecule has 12 heteroatoms. The molecule has 0 amide bonds. The van der Waals surface area contributed by atoms with Crippen LogP contribution in [0.3, 0.4) is 0 Å². The van der Waals surface area contributed by atoms with Crippen LogP contribution in [0, 0.1) is 12.7 Å². The number of benzene rings is 2. The molecule has 0 spiro atoms. The Morgan fingerprint density at radius 1 is 0.971 bits per heavy atom. The molecule has 0 unspecified atom stereocenters. The summed E-state index contributed by atoms with van der Waals surface area (Å²) < 4.78 is 33.1. The summed E-state index contributed by atoms with van der Waals surface area (Å²) in [4.78, 5) is 27.4. The third-order valence-corrected chi connectivity index (χ3v) is 5.92. The summed E-state index contributed by atoms with van der Waals surface area (Å²) in [5, 5.41) is 1.85. The number of aryl methyl sites for hydroxylation is 1. The van der Waals surface area contributed by atoms with Gasteiger partial charge in [-0.3, -0.25) is 4.79 Å². The van der Waals surface area contributed by atoms with Gasteiger partial charge in [0.25, 0.3) is 0 Å². The molecule has 0 aliphatic rings. The minimum absolute atomic E-state index is 0.0585. The largest absolute Gasteiger partial charge is 0.495 e. The molecular weight excluding hydrogens is 530 g/mol. The van der Waals surface area contributed by atoms with Gasteiger partial charge in [0.15, 0.2) is 11.6 Å². The Balaban J connectivity index is 0.000000480. The second-order valence-corrected chi connectivity index (χ2v) is 8.10. The third kappa shape index (κ3) is 9.79. The van der Waals surface area contributed by atoms with Gasteiger partial charge >= 0.3 is 12.1 Å². The molecule has 0 atom stereocenters. The zero-order valence-corrected chi connectivity index (χ0v) is 22.2. The van der Waals surface area contributed by atoms with Gasteiger partial charge in [-0.15, -0.1) is 11.3 Å². The van der Waals surface area contributed by atoms with Crippen LogP contribution in [0.4, 0.5) is 4.39 Å². The monoisotopic (exact) mass is 552 g/mol. The molecule has 1 aromatic heterocycles. The predicted molar refractivity (Wildman–Crippen MR) is 134 cm³/mol. The van der Waals surface area contributed by atoms with Crippen molar-refractivity contribution in [1.29, 1.82) is 0 Å². The van der Waals surface area contributed by atoms with E-state index in [4.69, 9.17) is 47.0 Å². The number of hydrogen-bond donors (Lipinski definition) is 1. The average molecular weight is 553 g/mol. The van der Waals surface area contributed by atoms with Crippen LogP contribution in [-0.4, -0.2) is 46.3 Å². The molecule has 3 aromatic rings. The molecule has 0 saturated heterocycles. The minimum Gasteiger partial charge on any atom is -0.495 e. The Morgan fingerprint density at radius 3 is 1.88 bits per heavy atom. The highest BCUT2D eigenvalue weighted by molar-refractivity contribution is 7.81. The zero-order valence-electron chi connectivity index (χ0n) is 18.9. The molecule has 0 N–H and O–H groups in total. The molecular formula is C22H23Cl2FO7S2. The number of esters is 1. The van der Waals surface area contributed by atoms with E-state index in [1.54, 1.807) is 24.5 Å². The van der Waals surface area contributed by atoms with Crippen LogP contribution >= 0.6 is 47.2 Å². The smallest absolute Gasteiger partial charge is 0.373 e. The molecule has 0 aliphatic heterocycles. The summed E-state index contributed by atoms with van der Waals surface area (Å²) in [7, 11) is 5.76. The van der Waals surface area contributed by atoms with Gasteiger partial charge in [0.2, 0.25) is 0 Å². The van der Waals surface area contributed by atoms with Crippen LogP contribution in [0.25, 0.3) is 10.1 Å². The van der Waals surface area contributed by atoms with Gasteiger partial charge in [0, 0.05) is 4.88 Å². The van der Waals surface area contributed by atoms with E-state index >= 15 is 0 Å². The number of methoxy groups -OCH3 is 4. The SMILES string of the molecule is COC(=O)CS.COc1ccc(OC)c(Cl)c1F.COc1ccc2cc(C)sc2c1Cl.O=C=O. The van der Waals surface area contributed by atoms with Crippen molar-refractivity contribution in [2.45, 2.75) is 6.92 Å². The lowest BCUT2D eigenvalue weighted by atomic mass is 10.2. The van der Waals surface area contributed by atoms with Gasteiger partial charge in [-0.05, 0) is 42.6 Å².